The number of nitrogens with one attached hydrogen (secondary N) is 2. The molecule has 1 saturated heterocycles. The molecule has 3 N–H and O–H groups in total. The van der Waals surface area contributed by atoms with Crippen LogP contribution in [0.5, 0.6) is 0 Å². The second-order valence-corrected chi connectivity index (χ2v) is 10.1. The first-order chi connectivity index (χ1) is 15.6. The van der Waals surface area contributed by atoms with Crippen LogP contribution in [0.15, 0.2) is 17.3 Å². The van der Waals surface area contributed by atoms with Gasteiger partial charge >= 0.3 is 6.09 Å². The molecule has 0 atom stereocenters. The zero-order valence-corrected chi connectivity index (χ0v) is 20.1. The van der Waals surface area contributed by atoms with Gasteiger partial charge in [-0.25, -0.2) is 9.78 Å². The Hall–Kier alpha value is -1.68. The van der Waals surface area contributed by atoms with Crippen molar-refractivity contribution in [3.05, 3.63) is 17.2 Å². The summed E-state index contributed by atoms with van der Waals surface area (Å²) in [7, 11) is 0. The SMILES string of the molecule is CCOC(=O)NC1CCC(Sc2nc3cc(N4CCN(CCO)CC4)c(Cl)cc3[nH]2)CC1. The molecule has 0 bridgehead atoms. The normalized spacial score (nSPS) is 22.3. The number of fused-ring (bicyclic) bond motifs is 1. The number of alkyl carbamates (subject to hydrolysis) is 1. The van der Waals surface area contributed by atoms with Gasteiger partial charge < -0.3 is 25.0 Å². The van der Waals surface area contributed by atoms with Crippen LogP contribution in [0.1, 0.15) is 32.6 Å². The number of ether oxygens (including phenoxy) is 1. The summed E-state index contributed by atoms with van der Waals surface area (Å²) in [5, 5.41) is 14.2. The third-order valence-electron chi connectivity index (χ3n) is 6.21. The van der Waals surface area contributed by atoms with Crippen LogP contribution in [-0.4, -0.2) is 83.3 Å². The van der Waals surface area contributed by atoms with Gasteiger partial charge in [-0.1, -0.05) is 23.4 Å². The van der Waals surface area contributed by atoms with Gasteiger partial charge in [0.15, 0.2) is 5.16 Å². The predicted molar refractivity (Wildman–Crippen MR) is 129 cm³/mol. The summed E-state index contributed by atoms with van der Waals surface area (Å²) in [5.74, 6) is 0. The first-order valence-corrected chi connectivity index (χ1v) is 12.7. The Labute approximate surface area is 198 Å². The lowest BCUT2D eigenvalue weighted by Gasteiger charge is -2.36. The summed E-state index contributed by atoms with van der Waals surface area (Å²) in [6.45, 7) is 6.76. The molecule has 1 aliphatic heterocycles. The number of carbonyl (C=O) groups is 1. The highest BCUT2D eigenvalue weighted by Gasteiger charge is 2.25. The molecule has 0 unspecified atom stereocenters. The predicted octanol–water partition coefficient (Wildman–Crippen LogP) is 3.48. The van der Waals surface area contributed by atoms with Crippen molar-refractivity contribution < 1.29 is 14.6 Å². The molecule has 2 heterocycles. The highest BCUT2D eigenvalue weighted by Crippen LogP contribution is 2.36. The van der Waals surface area contributed by atoms with Crippen molar-refractivity contribution in [1.82, 2.24) is 20.2 Å². The lowest BCUT2D eigenvalue weighted by Crippen LogP contribution is -2.47. The lowest BCUT2D eigenvalue weighted by molar-refractivity contribution is 0.145. The van der Waals surface area contributed by atoms with E-state index < -0.39 is 0 Å². The molecular formula is C22H32ClN5O3S. The second kappa shape index (κ2) is 11.0. The molecule has 2 fully saturated rings. The number of rotatable bonds is 7. The number of H-pyrrole nitrogens is 1. The van der Waals surface area contributed by atoms with Crippen LogP contribution in [0.2, 0.25) is 5.02 Å². The zero-order chi connectivity index (χ0) is 22.5. The summed E-state index contributed by atoms with van der Waals surface area (Å²) in [5.41, 5.74) is 2.91. The molecule has 176 valence electrons. The standard InChI is InChI=1S/C22H32ClN5O3S/c1-2-31-22(30)24-15-3-5-16(6-4-15)32-21-25-18-13-17(23)20(14-19(18)26-21)28-9-7-27(8-10-28)11-12-29/h13-16,29H,2-12H2,1H3,(H,24,30)(H,25,26). The lowest BCUT2D eigenvalue weighted by atomic mass is 9.95. The third-order valence-corrected chi connectivity index (χ3v) is 7.73. The molecule has 1 saturated carbocycles. The number of hydrogen-bond donors (Lipinski definition) is 3. The van der Waals surface area contributed by atoms with E-state index in [1.54, 1.807) is 11.8 Å². The van der Waals surface area contributed by atoms with Crippen molar-refractivity contribution in [2.75, 3.05) is 50.8 Å². The molecule has 10 heteroatoms. The summed E-state index contributed by atoms with van der Waals surface area (Å²) in [6.07, 6.45) is 3.65. The van der Waals surface area contributed by atoms with Gasteiger partial charge in [-0.2, -0.15) is 0 Å². The number of aromatic amines is 1. The largest absolute Gasteiger partial charge is 0.450 e. The topological polar surface area (TPSA) is 93.7 Å². The van der Waals surface area contributed by atoms with Crippen LogP contribution in [0.25, 0.3) is 11.0 Å². The van der Waals surface area contributed by atoms with E-state index in [1.807, 2.05) is 13.0 Å². The van der Waals surface area contributed by atoms with Gasteiger partial charge in [0.1, 0.15) is 0 Å². The van der Waals surface area contributed by atoms with Gasteiger partial charge in [-0.05, 0) is 44.7 Å². The summed E-state index contributed by atoms with van der Waals surface area (Å²) in [6, 6.07) is 4.25. The van der Waals surface area contributed by atoms with Crippen LogP contribution in [-0.2, 0) is 4.74 Å². The number of aliphatic hydroxyl groups excluding tert-OH is 1. The van der Waals surface area contributed by atoms with Crippen molar-refractivity contribution in [2.45, 2.75) is 49.1 Å². The Balaban J connectivity index is 1.35. The monoisotopic (exact) mass is 481 g/mol. The number of imidazole rings is 1. The van der Waals surface area contributed by atoms with Gasteiger partial charge in [-0.3, -0.25) is 4.90 Å². The third kappa shape index (κ3) is 5.81. The average Bonchev–Trinajstić information content (AvgIpc) is 3.16. The van der Waals surface area contributed by atoms with Crippen LogP contribution >= 0.6 is 23.4 Å². The minimum Gasteiger partial charge on any atom is -0.450 e. The van der Waals surface area contributed by atoms with Gasteiger partial charge in [0.25, 0.3) is 0 Å². The number of carbonyl (C=O) groups excluding carboxylic acids is 1. The zero-order valence-electron chi connectivity index (χ0n) is 18.5. The molecule has 32 heavy (non-hydrogen) atoms. The van der Waals surface area contributed by atoms with Gasteiger partial charge in [0, 0.05) is 44.0 Å². The quantitative estimate of drug-likeness (QED) is 0.557. The fourth-order valence-corrected chi connectivity index (χ4v) is 5.90. The number of nitrogens with zero attached hydrogens (tertiary/aromatic N) is 3. The Morgan fingerprint density at radius 3 is 2.72 bits per heavy atom. The smallest absolute Gasteiger partial charge is 0.407 e. The summed E-state index contributed by atoms with van der Waals surface area (Å²) >= 11 is 8.40. The van der Waals surface area contributed by atoms with E-state index in [1.165, 1.54) is 0 Å². The molecule has 1 aliphatic carbocycles. The maximum absolute atomic E-state index is 11.6. The summed E-state index contributed by atoms with van der Waals surface area (Å²) in [4.78, 5) is 24.4. The molecule has 2 aliphatic rings. The molecule has 4 rings (SSSR count). The molecule has 0 spiro atoms. The fraction of sp³-hybridized carbons (Fsp3) is 0.636. The average molecular weight is 482 g/mol. The number of benzene rings is 1. The summed E-state index contributed by atoms with van der Waals surface area (Å²) < 4.78 is 4.98. The number of thioether (sulfide) groups is 1. The van der Waals surface area contributed by atoms with Gasteiger partial charge in [-0.15, -0.1) is 0 Å². The Kier molecular flexibility index (Phi) is 8.04. The Bertz CT molecular complexity index is 910. The second-order valence-electron chi connectivity index (χ2n) is 8.37. The number of hydrogen-bond acceptors (Lipinski definition) is 7. The Morgan fingerprint density at radius 2 is 2.03 bits per heavy atom. The highest BCUT2D eigenvalue weighted by molar-refractivity contribution is 7.99. The first kappa shape index (κ1) is 23.5. The number of β-amino-alcohol motifs (C(OH)–C–C–N with tert-alkyl or cyclic N) is 1. The molecular weight excluding hydrogens is 450 g/mol. The maximum Gasteiger partial charge on any atom is 0.407 e. The van der Waals surface area contributed by atoms with Gasteiger partial charge in [0.2, 0.25) is 0 Å². The highest BCUT2D eigenvalue weighted by atomic mass is 35.5. The van der Waals surface area contributed by atoms with Gasteiger partial charge in [0.05, 0.1) is 35.0 Å². The Morgan fingerprint density at radius 1 is 1.28 bits per heavy atom. The van der Waals surface area contributed by atoms with Crippen molar-refractivity contribution in [3.8, 4) is 0 Å². The van der Waals surface area contributed by atoms with E-state index in [2.05, 4.69) is 26.2 Å². The van der Waals surface area contributed by atoms with E-state index >= 15 is 0 Å². The van der Waals surface area contributed by atoms with Crippen LogP contribution in [0.4, 0.5) is 10.5 Å². The van der Waals surface area contributed by atoms with E-state index in [-0.39, 0.29) is 18.7 Å². The number of amides is 1. The molecule has 1 aromatic carbocycles. The van der Waals surface area contributed by atoms with E-state index in [0.717, 1.165) is 85.3 Å². The van der Waals surface area contributed by atoms with Crippen LogP contribution in [0, 0.1) is 0 Å². The van der Waals surface area contributed by atoms with E-state index in [0.29, 0.717) is 11.9 Å². The number of anilines is 1. The van der Waals surface area contributed by atoms with Crippen molar-refractivity contribution in [2.24, 2.45) is 0 Å². The molecule has 0 radical (unpaired) electrons. The minimum atomic E-state index is -0.316. The van der Waals surface area contributed by atoms with E-state index in [4.69, 9.17) is 26.4 Å². The molecule has 1 aromatic heterocycles. The van der Waals surface area contributed by atoms with Crippen molar-refractivity contribution in [3.63, 3.8) is 0 Å². The molecule has 2 aromatic rings. The van der Waals surface area contributed by atoms with Crippen molar-refractivity contribution >= 4 is 46.2 Å². The maximum atomic E-state index is 11.6. The molecule has 1 amide bonds. The fourth-order valence-electron chi connectivity index (χ4n) is 4.47. The number of halogens is 1. The van der Waals surface area contributed by atoms with Crippen LogP contribution < -0.4 is 10.2 Å². The minimum absolute atomic E-state index is 0.195. The number of piperazine rings is 1. The van der Waals surface area contributed by atoms with E-state index in [9.17, 15) is 4.79 Å². The molecule has 8 nitrogen and oxygen atoms in total. The number of aromatic nitrogens is 2. The van der Waals surface area contributed by atoms with Crippen molar-refractivity contribution in [1.29, 1.82) is 0 Å². The number of aliphatic hydroxyl groups is 1. The first-order valence-electron chi connectivity index (χ1n) is 11.4. The van der Waals surface area contributed by atoms with Crippen LogP contribution in [0.3, 0.4) is 0 Å².